The van der Waals surface area contributed by atoms with Gasteiger partial charge in [-0.1, -0.05) is 42.1 Å². The molecule has 0 aliphatic heterocycles. The molecule has 152 valence electrons. The fraction of sp³-hybridized carbons (Fsp3) is 0.318. The van der Waals surface area contributed by atoms with Gasteiger partial charge in [0.25, 0.3) is 0 Å². The molecule has 0 aliphatic rings. The fourth-order valence-electron chi connectivity index (χ4n) is 2.91. The number of carbonyl (C=O) groups is 1. The highest BCUT2D eigenvalue weighted by Crippen LogP contribution is 2.22. The van der Waals surface area contributed by atoms with Gasteiger partial charge in [-0.05, 0) is 56.5 Å². The lowest BCUT2D eigenvalue weighted by molar-refractivity contribution is -0.113. The van der Waals surface area contributed by atoms with Crippen molar-refractivity contribution in [2.45, 2.75) is 46.0 Å². The summed E-state index contributed by atoms with van der Waals surface area (Å²) in [6.45, 7) is 9.12. The average Bonchev–Trinajstić information content (AvgIpc) is 3.11. The monoisotopic (exact) mass is 410 g/mol. The number of aryl methyl sites for hydroxylation is 2. The number of amides is 1. The smallest absolute Gasteiger partial charge is 0.234 e. The SMILES string of the molecule is CCn1c(COc2ccccc2C)nnc1SCC(=O)Nc1cccc(C)c1C. The number of nitrogens with zero attached hydrogens (tertiary/aromatic N) is 3. The summed E-state index contributed by atoms with van der Waals surface area (Å²) in [7, 11) is 0. The van der Waals surface area contributed by atoms with Gasteiger partial charge < -0.3 is 14.6 Å². The van der Waals surface area contributed by atoms with E-state index in [9.17, 15) is 4.79 Å². The fourth-order valence-corrected chi connectivity index (χ4v) is 3.74. The van der Waals surface area contributed by atoms with Crippen molar-refractivity contribution in [3.63, 3.8) is 0 Å². The Morgan fingerprint density at radius 1 is 1.07 bits per heavy atom. The summed E-state index contributed by atoms with van der Waals surface area (Å²) in [5, 5.41) is 12.2. The number of ether oxygens (including phenoxy) is 1. The molecule has 1 aromatic heterocycles. The first-order valence-electron chi connectivity index (χ1n) is 9.59. The normalized spacial score (nSPS) is 10.8. The second kappa shape index (κ2) is 9.60. The first-order chi connectivity index (χ1) is 14.0. The van der Waals surface area contributed by atoms with Crippen molar-refractivity contribution in [3.05, 3.63) is 65.0 Å². The number of thioether (sulfide) groups is 1. The second-order valence-electron chi connectivity index (χ2n) is 6.78. The molecule has 0 saturated heterocycles. The van der Waals surface area contributed by atoms with Crippen molar-refractivity contribution in [2.24, 2.45) is 0 Å². The molecule has 1 amide bonds. The molecule has 7 heteroatoms. The molecule has 0 bridgehead atoms. The van der Waals surface area contributed by atoms with Crippen LogP contribution in [-0.2, 0) is 17.9 Å². The Hall–Kier alpha value is -2.80. The maximum absolute atomic E-state index is 12.4. The Labute approximate surface area is 175 Å². The van der Waals surface area contributed by atoms with E-state index in [1.165, 1.54) is 11.8 Å². The van der Waals surface area contributed by atoms with E-state index in [1.54, 1.807) is 0 Å². The third-order valence-corrected chi connectivity index (χ3v) is 5.74. The molecule has 0 radical (unpaired) electrons. The number of anilines is 1. The highest BCUT2D eigenvalue weighted by atomic mass is 32.2. The Morgan fingerprint density at radius 2 is 1.83 bits per heavy atom. The number of nitrogens with one attached hydrogen (secondary N) is 1. The summed E-state index contributed by atoms with van der Waals surface area (Å²) >= 11 is 1.38. The Morgan fingerprint density at radius 3 is 2.59 bits per heavy atom. The largest absolute Gasteiger partial charge is 0.485 e. The van der Waals surface area contributed by atoms with Crippen LogP contribution in [0.2, 0.25) is 0 Å². The zero-order valence-electron chi connectivity index (χ0n) is 17.2. The molecule has 29 heavy (non-hydrogen) atoms. The Kier molecular flexibility index (Phi) is 6.93. The molecule has 3 aromatic rings. The van der Waals surface area contributed by atoms with Crippen molar-refractivity contribution in [1.82, 2.24) is 14.8 Å². The van der Waals surface area contributed by atoms with Gasteiger partial charge in [0.05, 0.1) is 5.75 Å². The summed E-state index contributed by atoms with van der Waals surface area (Å²) in [5.41, 5.74) is 4.16. The van der Waals surface area contributed by atoms with E-state index < -0.39 is 0 Å². The van der Waals surface area contributed by atoms with Crippen LogP contribution in [-0.4, -0.2) is 26.4 Å². The molecule has 0 atom stereocenters. The number of rotatable bonds is 8. The van der Waals surface area contributed by atoms with Crippen molar-refractivity contribution >= 4 is 23.4 Å². The van der Waals surface area contributed by atoms with Crippen LogP contribution in [0.3, 0.4) is 0 Å². The van der Waals surface area contributed by atoms with Crippen LogP contribution < -0.4 is 10.1 Å². The van der Waals surface area contributed by atoms with E-state index in [0.29, 0.717) is 18.3 Å². The zero-order valence-corrected chi connectivity index (χ0v) is 18.0. The van der Waals surface area contributed by atoms with E-state index in [4.69, 9.17) is 4.74 Å². The summed E-state index contributed by atoms with van der Waals surface area (Å²) in [4.78, 5) is 12.4. The molecule has 0 fully saturated rings. The molecule has 6 nitrogen and oxygen atoms in total. The minimum absolute atomic E-state index is 0.0629. The summed E-state index contributed by atoms with van der Waals surface area (Å²) in [5.74, 6) is 1.78. The molecule has 2 aromatic carbocycles. The summed E-state index contributed by atoms with van der Waals surface area (Å²) < 4.78 is 7.88. The lowest BCUT2D eigenvalue weighted by atomic mass is 10.1. The van der Waals surface area contributed by atoms with Gasteiger partial charge in [0.1, 0.15) is 12.4 Å². The third kappa shape index (κ3) is 5.17. The van der Waals surface area contributed by atoms with Gasteiger partial charge in [-0.2, -0.15) is 0 Å². The van der Waals surface area contributed by atoms with Crippen LogP contribution in [0.1, 0.15) is 29.4 Å². The van der Waals surface area contributed by atoms with Crippen LogP contribution >= 0.6 is 11.8 Å². The first-order valence-corrected chi connectivity index (χ1v) is 10.6. The van der Waals surface area contributed by atoms with Crippen molar-refractivity contribution < 1.29 is 9.53 Å². The van der Waals surface area contributed by atoms with Crippen molar-refractivity contribution in [2.75, 3.05) is 11.1 Å². The predicted octanol–water partition coefficient (Wildman–Crippen LogP) is 4.53. The molecule has 1 N–H and O–H groups in total. The first kappa shape index (κ1) is 20.9. The third-order valence-electron chi connectivity index (χ3n) is 4.77. The number of para-hydroxylation sites is 1. The summed E-state index contributed by atoms with van der Waals surface area (Å²) in [6, 6.07) is 13.8. The van der Waals surface area contributed by atoms with Gasteiger partial charge in [0.15, 0.2) is 11.0 Å². The number of hydrogen-bond acceptors (Lipinski definition) is 5. The van der Waals surface area contributed by atoms with Crippen LogP contribution in [0.4, 0.5) is 5.69 Å². The van der Waals surface area contributed by atoms with Gasteiger partial charge in [-0.15, -0.1) is 10.2 Å². The maximum Gasteiger partial charge on any atom is 0.234 e. The number of aromatic nitrogens is 3. The van der Waals surface area contributed by atoms with Gasteiger partial charge in [0.2, 0.25) is 5.91 Å². The number of carbonyl (C=O) groups excluding carboxylic acids is 1. The average molecular weight is 411 g/mol. The quantitative estimate of drug-likeness (QED) is 0.553. The maximum atomic E-state index is 12.4. The van der Waals surface area contributed by atoms with Crippen LogP contribution in [0.25, 0.3) is 0 Å². The molecular formula is C22H26N4O2S. The second-order valence-corrected chi connectivity index (χ2v) is 7.72. The van der Waals surface area contributed by atoms with E-state index >= 15 is 0 Å². The molecule has 0 aliphatic carbocycles. The lowest BCUT2D eigenvalue weighted by Crippen LogP contribution is -2.16. The molecule has 1 heterocycles. The zero-order chi connectivity index (χ0) is 20.8. The highest BCUT2D eigenvalue weighted by Gasteiger charge is 2.14. The topological polar surface area (TPSA) is 69.0 Å². The predicted molar refractivity (Wildman–Crippen MR) is 116 cm³/mol. The molecular weight excluding hydrogens is 384 g/mol. The molecule has 0 unspecified atom stereocenters. The number of hydrogen-bond donors (Lipinski definition) is 1. The number of benzene rings is 2. The highest BCUT2D eigenvalue weighted by molar-refractivity contribution is 7.99. The van der Waals surface area contributed by atoms with Gasteiger partial charge in [-0.25, -0.2) is 0 Å². The van der Waals surface area contributed by atoms with Crippen molar-refractivity contribution in [1.29, 1.82) is 0 Å². The lowest BCUT2D eigenvalue weighted by Gasteiger charge is -2.11. The minimum atomic E-state index is -0.0629. The molecule has 3 rings (SSSR count). The van der Waals surface area contributed by atoms with Gasteiger partial charge >= 0.3 is 0 Å². The van der Waals surface area contributed by atoms with E-state index in [2.05, 4.69) is 15.5 Å². The van der Waals surface area contributed by atoms with Gasteiger partial charge in [0, 0.05) is 12.2 Å². The Balaban J connectivity index is 1.60. The molecule has 0 saturated carbocycles. The standard InChI is InChI=1S/C22H26N4O2S/c1-5-26-20(13-28-19-12-7-6-9-16(19)3)24-25-22(26)29-14-21(27)23-18-11-8-10-15(2)17(18)4/h6-12H,5,13-14H2,1-4H3,(H,23,27). The molecule has 0 spiro atoms. The van der Waals surface area contributed by atoms with E-state index in [1.807, 2.05) is 74.7 Å². The van der Waals surface area contributed by atoms with E-state index in [0.717, 1.165) is 34.0 Å². The van der Waals surface area contributed by atoms with Gasteiger partial charge in [-0.3, -0.25) is 4.79 Å². The van der Waals surface area contributed by atoms with E-state index in [-0.39, 0.29) is 11.7 Å². The minimum Gasteiger partial charge on any atom is -0.485 e. The summed E-state index contributed by atoms with van der Waals surface area (Å²) in [6.07, 6.45) is 0. The Bertz CT molecular complexity index is 1000. The van der Waals surface area contributed by atoms with Crippen LogP contribution in [0.15, 0.2) is 47.6 Å². The van der Waals surface area contributed by atoms with Crippen LogP contribution in [0.5, 0.6) is 5.75 Å². The van der Waals surface area contributed by atoms with Crippen molar-refractivity contribution in [3.8, 4) is 5.75 Å². The van der Waals surface area contributed by atoms with Crippen LogP contribution in [0, 0.1) is 20.8 Å².